The summed E-state index contributed by atoms with van der Waals surface area (Å²) in [4.78, 5) is 11.8. The predicted molar refractivity (Wildman–Crippen MR) is 87.3 cm³/mol. The van der Waals surface area contributed by atoms with Gasteiger partial charge in [0.1, 0.15) is 5.82 Å². The van der Waals surface area contributed by atoms with Gasteiger partial charge in [0.05, 0.1) is 5.60 Å². The minimum atomic E-state index is -0.753. The summed E-state index contributed by atoms with van der Waals surface area (Å²) in [6.45, 7) is 0.625. The zero-order chi connectivity index (χ0) is 16.0. The summed E-state index contributed by atoms with van der Waals surface area (Å²) in [5, 5.41) is 15.7. The Morgan fingerprint density at radius 1 is 1.32 bits per heavy atom. The van der Waals surface area contributed by atoms with E-state index in [2.05, 4.69) is 10.6 Å². The number of urea groups is 1. The summed E-state index contributed by atoms with van der Waals surface area (Å²) in [6, 6.07) is 4.30. The van der Waals surface area contributed by atoms with Gasteiger partial charge in [-0.2, -0.15) is 11.8 Å². The van der Waals surface area contributed by atoms with E-state index in [1.54, 1.807) is 17.8 Å². The van der Waals surface area contributed by atoms with Crippen molar-refractivity contribution >= 4 is 17.8 Å². The van der Waals surface area contributed by atoms with Crippen molar-refractivity contribution in [3.05, 3.63) is 35.1 Å². The molecule has 0 heterocycles. The molecule has 1 fully saturated rings. The van der Waals surface area contributed by atoms with Crippen LogP contribution >= 0.6 is 11.8 Å². The van der Waals surface area contributed by atoms with Gasteiger partial charge in [-0.3, -0.25) is 0 Å². The molecule has 6 heteroatoms. The number of benzene rings is 1. The quantitative estimate of drug-likeness (QED) is 0.753. The van der Waals surface area contributed by atoms with Gasteiger partial charge in [-0.05, 0) is 42.4 Å². The van der Waals surface area contributed by atoms with Gasteiger partial charge in [0.15, 0.2) is 0 Å². The van der Waals surface area contributed by atoms with Crippen LogP contribution in [0.5, 0.6) is 0 Å². The van der Waals surface area contributed by atoms with Crippen LogP contribution in [0.4, 0.5) is 9.18 Å². The molecule has 1 aliphatic carbocycles. The third-order valence-electron chi connectivity index (χ3n) is 4.02. The summed E-state index contributed by atoms with van der Waals surface area (Å²) in [5.74, 6) is 0.441. The Balaban J connectivity index is 1.83. The highest BCUT2D eigenvalue weighted by molar-refractivity contribution is 7.97. The zero-order valence-electron chi connectivity index (χ0n) is 12.8. The number of carbonyl (C=O) groups excluding carboxylic acids is 1. The molecule has 0 radical (unpaired) electrons. The molecule has 3 N–H and O–H groups in total. The Kier molecular flexibility index (Phi) is 6.08. The minimum Gasteiger partial charge on any atom is -0.388 e. The molecule has 1 aromatic carbocycles. The van der Waals surface area contributed by atoms with Crippen molar-refractivity contribution in [2.45, 2.75) is 43.6 Å². The highest BCUT2D eigenvalue weighted by Gasteiger charge is 2.31. The lowest BCUT2D eigenvalue weighted by Crippen LogP contribution is -2.44. The number of hydrogen-bond acceptors (Lipinski definition) is 3. The lowest BCUT2D eigenvalue weighted by Gasteiger charge is -2.22. The molecule has 22 heavy (non-hydrogen) atoms. The molecule has 0 bridgehead atoms. The smallest absolute Gasteiger partial charge is 0.315 e. The lowest BCUT2D eigenvalue weighted by molar-refractivity contribution is 0.0501. The van der Waals surface area contributed by atoms with Gasteiger partial charge in [0.25, 0.3) is 0 Å². The van der Waals surface area contributed by atoms with Gasteiger partial charge in [0, 0.05) is 18.8 Å². The molecule has 2 amide bonds. The second-order valence-corrected chi connectivity index (χ2v) is 6.68. The van der Waals surface area contributed by atoms with Crippen LogP contribution in [0.2, 0.25) is 0 Å². The van der Waals surface area contributed by atoms with Gasteiger partial charge in [0.2, 0.25) is 0 Å². The Morgan fingerprint density at radius 3 is 2.73 bits per heavy atom. The van der Waals surface area contributed by atoms with Crippen molar-refractivity contribution in [1.29, 1.82) is 0 Å². The fourth-order valence-electron chi connectivity index (χ4n) is 2.75. The standard InChI is InChI=1S/C16H23FN2O2S/c1-22-10-13-8-14(17)5-4-12(13)9-18-15(20)19-11-16(21)6-2-3-7-16/h4-5,8,21H,2-3,6-7,9-11H2,1H3,(H2,18,19,20). The third kappa shape index (κ3) is 4.88. The summed E-state index contributed by atoms with van der Waals surface area (Å²) < 4.78 is 13.3. The highest BCUT2D eigenvalue weighted by Crippen LogP contribution is 2.28. The number of carbonyl (C=O) groups is 1. The van der Waals surface area contributed by atoms with E-state index in [-0.39, 0.29) is 18.4 Å². The third-order valence-corrected chi connectivity index (χ3v) is 4.62. The maximum atomic E-state index is 13.3. The van der Waals surface area contributed by atoms with Crippen LogP contribution in [0, 0.1) is 5.82 Å². The first kappa shape index (κ1) is 17.1. The van der Waals surface area contributed by atoms with Crippen LogP contribution in [0.15, 0.2) is 18.2 Å². The highest BCUT2D eigenvalue weighted by atomic mass is 32.2. The van der Waals surface area contributed by atoms with Gasteiger partial charge >= 0.3 is 6.03 Å². The van der Waals surface area contributed by atoms with Gasteiger partial charge in [-0.15, -0.1) is 0 Å². The van der Waals surface area contributed by atoms with Crippen molar-refractivity contribution in [3.63, 3.8) is 0 Å². The summed E-state index contributed by atoms with van der Waals surface area (Å²) in [6.07, 6.45) is 5.45. The van der Waals surface area contributed by atoms with E-state index >= 15 is 0 Å². The van der Waals surface area contributed by atoms with Crippen molar-refractivity contribution < 1.29 is 14.3 Å². The van der Waals surface area contributed by atoms with E-state index in [0.29, 0.717) is 12.3 Å². The van der Waals surface area contributed by atoms with Gasteiger partial charge in [-0.25, -0.2) is 9.18 Å². The minimum absolute atomic E-state index is 0.263. The van der Waals surface area contributed by atoms with Crippen molar-refractivity contribution in [1.82, 2.24) is 10.6 Å². The average molecular weight is 326 g/mol. The molecule has 1 aromatic rings. The maximum Gasteiger partial charge on any atom is 0.315 e. The molecule has 2 rings (SSSR count). The molecule has 1 saturated carbocycles. The van der Waals surface area contributed by atoms with Crippen LogP contribution < -0.4 is 10.6 Å². The van der Waals surface area contributed by atoms with E-state index in [0.717, 1.165) is 36.8 Å². The predicted octanol–water partition coefficient (Wildman–Crippen LogP) is 2.79. The SMILES string of the molecule is CSCc1cc(F)ccc1CNC(=O)NCC1(O)CCCC1. The average Bonchev–Trinajstić information content (AvgIpc) is 2.92. The fraction of sp³-hybridized carbons (Fsp3) is 0.562. The first-order valence-electron chi connectivity index (χ1n) is 7.53. The molecular formula is C16H23FN2O2S. The monoisotopic (exact) mass is 326 g/mol. The zero-order valence-corrected chi connectivity index (χ0v) is 13.6. The molecule has 4 nitrogen and oxygen atoms in total. The molecule has 1 aliphatic rings. The Hall–Kier alpha value is -1.27. The van der Waals surface area contributed by atoms with E-state index in [1.165, 1.54) is 12.1 Å². The largest absolute Gasteiger partial charge is 0.388 e. The molecule has 0 aromatic heterocycles. The second-order valence-electron chi connectivity index (χ2n) is 5.81. The first-order valence-corrected chi connectivity index (χ1v) is 8.92. The Morgan fingerprint density at radius 2 is 2.05 bits per heavy atom. The molecular weight excluding hydrogens is 303 g/mol. The normalized spacial score (nSPS) is 16.5. The number of nitrogens with one attached hydrogen (secondary N) is 2. The number of hydrogen-bond donors (Lipinski definition) is 3. The van der Waals surface area contributed by atoms with Crippen LogP contribution in [0.1, 0.15) is 36.8 Å². The second kappa shape index (κ2) is 7.83. The van der Waals surface area contributed by atoms with E-state index in [9.17, 15) is 14.3 Å². The molecule has 0 saturated heterocycles. The van der Waals surface area contributed by atoms with Gasteiger partial charge < -0.3 is 15.7 Å². The van der Waals surface area contributed by atoms with Crippen LogP contribution in [0.25, 0.3) is 0 Å². The fourth-order valence-corrected chi connectivity index (χ4v) is 3.33. The number of thioether (sulfide) groups is 1. The summed E-state index contributed by atoms with van der Waals surface area (Å²) >= 11 is 1.61. The van der Waals surface area contributed by atoms with Crippen LogP contribution in [-0.2, 0) is 12.3 Å². The van der Waals surface area contributed by atoms with Crippen molar-refractivity contribution in [2.75, 3.05) is 12.8 Å². The Bertz CT molecular complexity index is 519. The van der Waals surface area contributed by atoms with Crippen LogP contribution in [0.3, 0.4) is 0 Å². The number of rotatable bonds is 6. The van der Waals surface area contributed by atoms with Crippen molar-refractivity contribution in [3.8, 4) is 0 Å². The lowest BCUT2D eigenvalue weighted by atomic mass is 10.0. The van der Waals surface area contributed by atoms with E-state index < -0.39 is 5.60 Å². The molecule has 0 atom stereocenters. The molecule has 0 unspecified atom stereocenters. The summed E-state index contributed by atoms with van der Waals surface area (Å²) in [7, 11) is 0. The maximum absolute atomic E-state index is 13.3. The van der Waals surface area contributed by atoms with E-state index in [1.807, 2.05) is 6.26 Å². The topological polar surface area (TPSA) is 61.4 Å². The van der Waals surface area contributed by atoms with E-state index in [4.69, 9.17) is 0 Å². The molecule has 0 aliphatic heterocycles. The molecule has 122 valence electrons. The number of amides is 2. The van der Waals surface area contributed by atoms with Gasteiger partial charge in [-0.1, -0.05) is 18.9 Å². The number of aliphatic hydroxyl groups is 1. The Labute approximate surface area is 134 Å². The van der Waals surface area contributed by atoms with Crippen molar-refractivity contribution in [2.24, 2.45) is 0 Å². The molecule has 0 spiro atoms. The summed E-state index contributed by atoms with van der Waals surface area (Å²) in [5.41, 5.74) is 1.05. The first-order chi connectivity index (χ1) is 10.5. The van der Waals surface area contributed by atoms with Crippen LogP contribution in [-0.4, -0.2) is 29.5 Å². The number of halogens is 1.